The molecule has 1 aromatic carbocycles. The molecule has 1 N–H and O–H groups in total. The van der Waals surface area contributed by atoms with Gasteiger partial charge in [0, 0.05) is 11.6 Å². The predicted molar refractivity (Wildman–Crippen MR) is 79.8 cm³/mol. The van der Waals surface area contributed by atoms with Gasteiger partial charge in [-0.2, -0.15) is 5.10 Å². The van der Waals surface area contributed by atoms with Crippen LogP contribution in [-0.4, -0.2) is 24.2 Å². The third-order valence-electron chi connectivity index (χ3n) is 3.42. The highest BCUT2D eigenvalue weighted by molar-refractivity contribution is 5.98. The molecule has 5 nitrogen and oxygen atoms in total. The number of nitrogens with zero attached hydrogens (tertiary/aromatic N) is 1. The lowest BCUT2D eigenvalue weighted by atomic mass is 10.1. The van der Waals surface area contributed by atoms with Crippen molar-refractivity contribution in [1.29, 1.82) is 0 Å². The van der Waals surface area contributed by atoms with Crippen LogP contribution in [0.25, 0.3) is 0 Å². The maximum absolute atomic E-state index is 12.0. The van der Waals surface area contributed by atoms with E-state index in [1.807, 2.05) is 30.3 Å². The van der Waals surface area contributed by atoms with Crippen molar-refractivity contribution in [3.8, 4) is 0 Å². The molecule has 1 fully saturated rings. The Balaban J connectivity index is 1.80. The number of ether oxygens (including phenoxy) is 1. The maximum atomic E-state index is 12.0. The largest absolute Gasteiger partial charge is 0.466 e. The van der Waals surface area contributed by atoms with Crippen molar-refractivity contribution in [3.05, 3.63) is 35.9 Å². The minimum Gasteiger partial charge on any atom is -0.466 e. The van der Waals surface area contributed by atoms with E-state index in [9.17, 15) is 9.59 Å². The minimum atomic E-state index is -0.332. The van der Waals surface area contributed by atoms with Gasteiger partial charge in [-0.05, 0) is 31.7 Å². The van der Waals surface area contributed by atoms with Gasteiger partial charge < -0.3 is 4.74 Å². The van der Waals surface area contributed by atoms with Crippen LogP contribution in [-0.2, 0) is 14.3 Å². The standard InChI is InChI=1S/C16H20N2O3/c1-3-21-15(19)9-11(2)17-18-16(20)14-10-13(14)12-7-5-4-6-8-12/h4-8,13-14H,3,9-10H2,1-2H3,(H,18,20)/b17-11-/t13-,14-/m1/s1. The maximum Gasteiger partial charge on any atom is 0.311 e. The molecule has 1 aromatic rings. The Morgan fingerprint density at radius 3 is 2.71 bits per heavy atom. The van der Waals surface area contributed by atoms with Gasteiger partial charge >= 0.3 is 5.97 Å². The molecule has 1 aliphatic rings. The van der Waals surface area contributed by atoms with Crippen molar-refractivity contribution < 1.29 is 14.3 Å². The summed E-state index contributed by atoms with van der Waals surface area (Å²) < 4.78 is 4.82. The van der Waals surface area contributed by atoms with Crippen LogP contribution in [0.3, 0.4) is 0 Å². The van der Waals surface area contributed by atoms with E-state index in [4.69, 9.17) is 4.74 Å². The highest BCUT2D eigenvalue weighted by atomic mass is 16.5. The van der Waals surface area contributed by atoms with Gasteiger partial charge in [-0.15, -0.1) is 0 Å². The molecular weight excluding hydrogens is 268 g/mol. The Labute approximate surface area is 124 Å². The number of benzene rings is 1. The molecule has 1 amide bonds. The van der Waals surface area contributed by atoms with Crippen LogP contribution in [0.4, 0.5) is 0 Å². The molecule has 5 heteroatoms. The molecule has 0 heterocycles. The molecule has 0 bridgehead atoms. The molecule has 1 saturated carbocycles. The quantitative estimate of drug-likeness (QED) is 0.496. The second-order valence-corrected chi connectivity index (χ2v) is 5.16. The molecule has 0 spiro atoms. The molecule has 0 aromatic heterocycles. The number of carbonyl (C=O) groups excluding carboxylic acids is 2. The second kappa shape index (κ2) is 7.02. The van der Waals surface area contributed by atoms with Crippen LogP contribution in [0.2, 0.25) is 0 Å². The van der Waals surface area contributed by atoms with Gasteiger partial charge in [-0.3, -0.25) is 9.59 Å². The van der Waals surface area contributed by atoms with E-state index < -0.39 is 0 Å². The summed E-state index contributed by atoms with van der Waals surface area (Å²) in [6.07, 6.45) is 0.948. The van der Waals surface area contributed by atoms with Gasteiger partial charge in [0.1, 0.15) is 0 Å². The van der Waals surface area contributed by atoms with Crippen LogP contribution in [0.5, 0.6) is 0 Å². The summed E-state index contributed by atoms with van der Waals surface area (Å²) in [4.78, 5) is 23.2. The average molecular weight is 288 g/mol. The smallest absolute Gasteiger partial charge is 0.311 e. The van der Waals surface area contributed by atoms with E-state index in [-0.39, 0.29) is 30.1 Å². The Kier molecular flexibility index (Phi) is 5.09. The molecule has 0 radical (unpaired) electrons. The van der Waals surface area contributed by atoms with Gasteiger partial charge in [0.15, 0.2) is 0 Å². The van der Waals surface area contributed by atoms with Crippen molar-refractivity contribution in [2.45, 2.75) is 32.6 Å². The molecule has 2 rings (SSSR count). The second-order valence-electron chi connectivity index (χ2n) is 5.16. The lowest BCUT2D eigenvalue weighted by Gasteiger charge is -2.03. The van der Waals surface area contributed by atoms with E-state index in [1.54, 1.807) is 13.8 Å². The van der Waals surface area contributed by atoms with E-state index in [1.165, 1.54) is 5.56 Å². The van der Waals surface area contributed by atoms with E-state index in [0.29, 0.717) is 12.3 Å². The van der Waals surface area contributed by atoms with E-state index in [2.05, 4.69) is 10.5 Å². The zero-order valence-corrected chi connectivity index (χ0v) is 12.3. The summed E-state index contributed by atoms with van der Waals surface area (Å²) in [7, 11) is 0. The average Bonchev–Trinajstić information content (AvgIpc) is 3.26. The van der Waals surface area contributed by atoms with Crippen molar-refractivity contribution in [3.63, 3.8) is 0 Å². The summed E-state index contributed by atoms with van der Waals surface area (Å²) in [5, 5.41) is 3.95. The topological polar surface area (TPSA) is 67.8 Å². The third kappa shape index (κ3) is 4.41. The first-order valence-corrected chi connectivity index (χ1v) is 7.15. The molecule has 112 valence electrons. The third-order valence-corrected chi connectivity index (χ3v) is 3.42. The zero-order valence-electron chi connectivity index (χ0n) is 12.3. The van der Waals surface area contributed by atoms with Crippen molar-refractivity contribution in [2.75, 3.05) is 6.61 Å². The Morgan fingerprint density at radius 2 is 2.05 bits per heavy atom. The summed E-state index contributed by atoms with van der Waals surface area (Å²) in [6.45, 7) is 3.79. The van der Waals surface area contributed by atoms with Crippen LogP contribution in [0.1, 0.15) is 38.2 Å². The lowest BCUT2D eigenvalue weighted by Crippen LogP contribution is -2.22. The fourth-order valence-electron chi connectivity index (χ4n) is 2.25. The van der Waals surface area contributed by atoms with Crippen LogP contribution < -0.4 is 5.43 Å². The Bertz CT molecular complexity index is 540. The highest BCUT2D eigenvalue weighted by Crippen LogP contribution is 2.47. The van der Waals surface area contributed by atoms with Crippen molar-refractivity contribution >= 4 is 17.6 Å². The molecule has 0 unspecified atom stereocenters. The zero-order chi connectivity index (χ0) is 15.2. The van der Waals surface area contributed by atoms with Gasteiger partial charge in [-0.25, -0.2) is 5.43 Å². The normalized spacial score (nSPS) is 20.8. The number of nitrogens with one attached hydrogen (secondary N) is 1. The number of amides is 1. The SMILES string of the molecule is CCOC(=O)C/C(C)=N\NC(=O)[C@@H]1C[C@@H]1c1ccccc1. The fourth-order valence-corrected chi connectivity index (χ4v) is 2.25. The van der Waals surface area contributed by atoms with Crippen LogP contribution in [0.15, 0.2) is 35.4 Å². The van der Waals surface area contributed by atoms with Crippen LogP contribution >= 0.6 is 0 Å². The van der Waals surface area contributed by atoms with Crippen LogP contribution in [0, 0.1) is 5.92 Å². The lowest BCUT2D eigenvalue weighted by molar-refractivity contribution is -0.141. The number of hydrogen-bond donors (Lipinski definition) is 1. The summed E-state index contributed by atoms with van der Waals surface area (Å²) >= 11 is 0. The molecule has 21 heavy (non-hydrogen) atoms. The minimum absolute atomic E-state index is 0.0217. The van der Waals surface area contributed by atoms with Gasteiger partial charge in [-0.1, -0.05) is 30.3 Å². The monoisotopic (exact) mass is 288 g/mol. The summed E-state index contributed by atoms with van der Waals surface area (Å²) in [5.74, 6) is -0.160. The summed E-state index contributed by atoms with van der Waals surface area (Å²) in [6, 6.07) is 9.99. The number of esters is 1. The molecule has 2 atom stereocenters. The summed E-state index contributed by atoms with van der Waals surface area (Å²) in [5.41, 5.74) is 4.26. The van der Waals surface area contributed by atoms with Crippen molar-refractivity contribution in [2.24, 2.45) is 11.0 Å². The van der Waals surface area contributed by atoms with Gasteiger partial charge in [0.25, 0.3) is 0 Å². The van der Waals surface area contributed by atoms with Crippen molar-refractivity contribution in [1.82, 2.24) is 5.43 Å². The first-order chi connectivity index (χ1) is 10.1. The predicted octanol–water partition coefficient (Wildman–Crippen LogP) is 2.24. The first-order valence-electron chi connectivity index (χ1n) is 7.15. The van der Waals surface area contributed by atoms with Gasteiger partial charge in [0.2, 0.25) is 5.91 Å². The van der Waals surface area contributed by atoms with E-state index >= 15 is 0 Å². The molecule has 1 aliphatic carbocycles. The molecule has 0 aliphatic heterocycles. The number of hydrogen-bond acceptors (Lipinski definition) is 4. The Morgan fingerprint density at radius 1 is 1.33 bits per heavy atom. The first kappa shape index (κ1) is 15.2. The number of rotatable bonds is 6. The highest BCUT2D eigenvalue weighted by Gasteiger charge is 2.43. The Hall–Kier alpha value is -2.17. The van der Waals surface area contributed by atoms with Gasteiger partial charge in [0.05, 0.1) is 13.0 Å². The molecular formula is C16H20N2O3. The van der Waals surface area contributed by atoms with E-state index in [0.717, 1.165) is 6.42 Å². The number of hydrazone groups is 1. The molecule has 0 saturated heterocycles. The number of carbonyl (C=O) groups is 2. The fraction of sp³-hybridized carbons (Fsp3) is 0.438.